The molecule has 0 atom stereocenters. The van der Waals surface area contributed by atoms with Gasteiger partial charge in [-0.05, 0) is 43.9 Å². The van der Waals surface area contributed by atoms with Gasteiger partial charge in [-0.15, -0.1) is 5.10 Å². The van der Waals surface area contributed by atoms with Crippen LogP contribution >= 0.6 is 0 Å². The first-order chi connectivity index (χ1) is 13.9. The van der Waals surface area contributed by atoms with Gasteiger partial charge in [0.05, 0.1) is 11.6 Å². The zero-order chi connectivity index (χ0) is 20.4. The van der Waals surface area contributed by atoms with Crippen LogP contribution in [-0.2, 0) is 6.18 Å². The third-order valence-electron chi connectivity index (χ3n) is 4.95. The predicted octanol–water partition coefficient (Wildman–Crippen LogP) is 2.83. The molecule has 0 unspecified atom stereocenters. The Hall–Kier alpha value is -3.24. The maximum absolute atomic E-state index is 12.6. The fourth-order valence-corrected chi connectivity index (χ4v) is 3.45. The molecule has 11 heteroatoms. The minimum atomic E-state index is -4.40. The molecular weight excluding hydrogens is 387 g/mol. The standard InChI is InChI=1S/C18H18F3N7O/c19-18(20,21)12-1-6-15(23-9-12)25-13-2-4-14(5-3-13)28-17(29)8-7-16(26-28)27-11-22-10-24-27/h1,6-11,13-14H,2-5H2,(H,23,25). The fraction of sp³-hybridized carbons (Fsp3) is 0.389. The first-order valence-corrected chi connectivity index (χ1v) is 9.15. The van der Waals surface area contributed by atoms with Gasteiger partial charge in [0.2, 0.25) is 0 Å². The number of hydrogen-bond acceptors (Lipinski definition) is 6. The van der Waals surface area contributed by atoms with Crippen LogP contribution in [0.15, 0.2) is 47.9 Å². The number of halogens is 3. The Morgan fingerprint density at radius 3 is 2.48 bits per heavy atom. The number of pyridine rings is 1. The smallest absolute Gasteiger partial charge is 0.367 e. The average molecular weight is 405 g/mol. The van der Waals surface area contributed by atoms with Crippen molar-refractivity contribution in [3.8, 4) is 5.82 Å². The molecule has 0 aliphatic heterocycles. The Morgan fingerprint density at radius 2 is 1.86 bits per heavy atom. The number of anilines is 1. The van der Waals surface area contributed by atoms with Gasteiger partial charge in [0, 0.05) is 18.3 Å². The van der Waals surface area contributed by atoms with E-state index >= 15 is 0 Å². The van der Waals surface area contributed by atoms with Gasteiger partial charge in [-0.3, -0.25) is 4.79 Å². The summed E-state index contributed by atoms with van der Waals surface area (Å²) in [5, 5.41) is 11.6. The molecule has 0 bridgehead atoms. The lowest BCUT2D eigenvalue weighted by atomic mass is 9.91. The lowest BCUT2D eigenvalue weighted by Gasteiger charge is -2.30. The summed E-state index contributed by atoms with van der Waals surface area (Å²) in [7, 11) is 0. The van der Waals surface area contributed by atoms with E-state index in [0.717, 1.165) is 25.1 Å². The quantitative estimate of drug-likeness (QED) is 0.718. The lowest BCUT2D eigenvalue weighted by Crippen LogP contribution is -2.33. The van der Waals surface area contributed by atoms with Crippen LogP contribution in [0, 0.1) is 0 Å². The van der Waals surface area contributed by atoms with Crippen LogP contribution in [0.4, 0.5) is 19.0 Å². The largest absolute Gasteiger partial charge is 0.417 e. The molecule has 3 heterocycles. The molecule has 0 aromatic carbocycles. The van der Waals surface area contributed by atoms with Crippen LogP contribution in [0.5, 0.6) is 0 Å². The van der Waals surface area contributed by atoms with Crippen molar-refractivity contribution in [2.45, 2.75) is 43.9 Å². The minimum Gasteiger partial charge on any atom is -0.367 e. The molecule has 1 saturated carbocycles. The maximum atomic E-state index is 12.6. The highest BCUT2D eigenvalue weighted by Crippen LogP contribution is 2.31. The Kier molecular flexibility index (Phi) is 5.03. The van der Waals surface area contributed by atoms with Gasteiger partial charge in [-0.25, -0.2) is 19.3 Å². The number of nitrogens with one attached hydrogen (secondary N) is 1. The second-order valence-electron chi connectivity index (χ2n) is 6.89. The maximum Gasteiger partial charge on any atom is 0.417 e. The summed E-state index contributed by atoms with van der Waals surface area (Å²) < 4.78 is 40.9. The summed E-state index contributed by atoms with van der Waals surface area (Å²) in [6, 6.07) is 5.43. The van der Waals surface area contributed by atoms with Gasteiger partial charge in [0.15, 0.2) is 5.82 Å². The summed E-state index contributed by atoms with van der Waals surface area (Å²) >= 11 is 0. The van der Waals surface area contributed by atoms with E-state index in [9.17, 15) is 18.0 Å². The molecular formula is C18H18F3N7O. The van der Waals surface area contributed by atoms with Crippen molar-refractivity contribution in [1.29, 1.82) is 0 Å². The normalized spacial score (nSPS) is 19.8. The van der Waals surface area contributed by atoms with Crippen LogP contribution < -0.4 is 10.9 Å². The van der Waals surface area contributed by atoms with Gasteiger partial charge in [-0.2, -0.15) is 18.3 Å². The zero-order valence-electron chi connectivity index (χ0n) is 15.3. The molecule has 1 aliphatic rings. The molecule has 3 aromatic rings. The van der Waals surface area contributed by atoms with Gasteiger partial charge >= 0.3 is 6.18 Å². The predicted molar refractivity (Wildman–Crippen MR) is 97.6 cm³/mol. The van der Waals surface area contributed by atoms with E-state index in [-0.39, 0.29) is 17.6 Å². The van der Waals surface area contributed by atoms with Gasteiger partial charge in [-0.1, -0.05) is 0 Å². The molecule has 0 spiro atoms. The molecule has 0 saturated heterocycles. The highest BCUT2D eigenvalue weighted by atomic mass is 19.4. The van der Waals surface area contributed by atoms with Gasteiger partial charge in [0.25, 0.3) is 5.56 Å². The molecule has 1 fully saturated rings. The van der Waals surface area contributed by atoms with E-state index in [1.165, 1.54) is 34.2 Å². The fourth-order valence-electron chi connectivity index (χ4n) is 3.45. The van der Waals surface area contributed by atoms with Crippen molar-refractivity contribution in [2.24, 2.45) is 0 Å². The van der Waals surface area contributed by atoms with Crippen LogP contribution in [0.2, 0.25) is 0 Å². The van der Waals surface area contributed by atoms with E-state index in [2.05, 4.69) is 25.5 Å². The molecule has 8 nitrogen and oxygen atoms in total. The average Bonchev–Trinajstić information content (AvgIpc) is 3.24. The summed E-state index contributed by atoms with van der Waals surface area (Å²) in [6.07, 6.45) is 2.25. The van der Waals surface area contributed by atoms with Crippen molar-refractivity contribution in [3.63, 3.8) is 0 Å². The van der Waals surface area contributed by atoms with Crippen molar-refractivity contribution in [1.82, 2.24) is 29.5 Å². The van der Waals surface area contributed by atoms with Gasteiger partial charge < -0.3 is 5.32 Å². The molecule has 1 aliphatic carbocycles. The molecule has 29 heavy (non-hydrogen) atoms. The SMILES string of the molecule is O=c1ccc(-n2cncn2)nn1C1CCC(Nc2ccc(C(F)(F)F)cn2)CC1. The van der Waals surface area contributed by atoms with E-state index in [4.69, 9.17) is 0 Å². The summed E-state index contributed by atoms with van der Waals surface area (Å²) in [4.78, 5) is 20.0. The van der Waals surface area contributed by atoms with Crippen LogP contribution in [0.1, 0.15) is 37.3 Å². The summed E-state index contributed by atoms with van der Waals surface area (Å²) in [5.74, 6) is 0.918. The third kappa shape index (κ3) is 4.28. The Bertz CT molecular complexity index is 1010. The summed E-state index contributed by atoms with van der Waals surface area (Å²) in [5.41, 5.74) is -0.959. The third-order valence-corrected chi connectivity index (χ3v) is 4.95. The number of alkyl halides is 3. The molecule has 152 valence electrons. The van der Waals surface area contributed by atoms with Crippen LogP contribution in [-0.4, -0.2) is 35.6 Å². The van der Waals surface area contributed by atoms with Crippen molar-refractivity contribution in [2.75, 3.05) is 5.32 Å². The topological polar surface area (TPSA) is 90.5 Å². The highest BCUT2D eigenvalue weighted by Gasteiger charge is 2.31. The molecule has 0 radical (unpaired) electrons. The minimum absolute atomic E-state index is 0.0513. The van der Waals surface area contributed by atoms with E-state index in [1.54, 1.807) is 6.07 Å². The van der Waals surface area contributed by atoms with Crippen molar-refractivity contribution < 1.29 is 13.2 Å². The molecule has 4 rings (SSSR count). The van der Waals surface area contributed by atoms with Gasteiger partial charge in [0.1, 0.15) is 18.5 Å². The van der Waals surface area contributed by atoms with E-state index in [1.807, 2.05) is 0 Å². The number of nitrogens with zero attached hydrogens (tertiary/aromatic N) is 6. The zero-order valence-corrected chi connectivity index (χ0v) is 15.3. The van der Waals surface area contributed by atoms with Crippen LogP contribution in [0.25, 0.3) is 5.82 Å². The van der Waals surface area contributed by atoms with Crippen molar-refractivity contribution in [3.05, 3.63) is 59.0 Å². The lowest BCUT2D eigenvalue weighted by molar-refractivity contribution is -0.137. The number of aromatic nitrogens is 6. The van der Waals surface area contributed by atoms with E-state index < -0.39 is 11.7 Å². The molecule has 3 aromatic heterocycles. The Labute approximate surface area is 163 Å². The monoisotopic (exact) mass is 405 g/mol. The Morgan fingerprint density at radius 1 is 1.07 bits per heavy atom. The highest BCUT2D eigenvalue weighted by molar-refractivity contribution is 5.37. The van der Waals surface area contributed by atoms with Crippen molar-refractivity contribution >= 4 is 5.82 Å². The number of rotatable bonds is 4. The molecule has 0 amide bonds. The van der Waals surface area contributed by atoms with E-state index in [0.29, 0.717) is 24.5 Å². The second kappa shape index (κ2) is 7.64. The molecule has 1 N–H and O–H groups in total. The first kappa shape index (κ1) is 19.1. The summed E-state index contributed by atoms with van der Waals surface area (Å²) in [6.45, 7) is 0. The number of hydrogen-bond donors (Lipinski definition) is 1. The van der Waals surface area contributed by atoms with Crippen LogP contribution in [0.3, 0.4) is 0 Å². The first-order valence-electron chi connectivity index (χ1n) is 9.15. The Balaban J connectivity index is 1.40. The second-order valence-corrected chi connectivity index (χ2v) is 6.89.